The molecule has 2 heterocycles. The molecule has 0 saturated carbocycles. The predicted octanol–water partition coefficient (Wildman–Crippen LogP) is 3.35. The second kappa shape index (κ2) is 4.40. The fourth-order valence-electron chi connectivity index (χ4n) is 2.36. The van der Waals surface area contributed by atoms with E-state index in [1.165, 1.54) is 24.8 Å². The summed E-state index contributed by atoms with van der Waals surface area (Å²) < 4.78 is 5.78. The van der Waals surface area contributed by atoms with Gasteiger partial charge in [0.25, 0.3) is 0 Å². The van der Waals surface area contributed by atoms with Gasteiger partial charge in [-0.1, -0.05) is 13.3 Å². The van der Waals surface area contributed by atoms with E-state index in [0.717, 1.165) is 24.0 Å². The summed E-state index contributed by atoms with van der Waals surface area (Å²) in [5.74, 6) is 3.05. The molecule has 2 nitrogen and oxygen atoms in total. The minimum Gasteiger partial charge on any atom is -0.464 e. The molecular formula is C13H21NO. The van der Waals surface area contributed by atoms with Crippen LogP contribution in [0.4, 0.5) is 0 Å². The normalized spacial score (nSPS) is 26.9. The van der Waals surface area contributed by atoms with Crippen LogP contribution in [0, 0.1) is 19.8 Å². The van der Waals surface area contributed by atoms with E-state index in [1.54, 1.807) is 0 Å². The molecule has 0 aliphatic carbocycles. The van der Waals surface area contributed by atoms with E-state index in [1.807, 2.05) is 6.92 Å². The third-order valence-electron chi connectivity index (χ3n) is 3.62. The molecule has 2 rings (SSSR count). The Balaban J connectivity index is 2.09. The van der Waals surface area contributed by atoms with E-state index in [9.17, 15) is 0 Å². The molecular weight excluding hydrogens is 186 g/mol. The lowest BCUT2D eigenvalue weighted by Gasteiger charge is -2.28. The van der Waals surface area contributed by atoms with Crippen LogP contribution in [-0.4, -0.2) is 6.54 Å². The van der Waals surface area contributed by atoms with Gasteiger partial charge in [-0.05, 0) is 50.8 Å². The maximum atomic E-state index is 5.78. The predicted molar refractivity (Wildman–Crippen MR) is 61.9 cm³/mol. The highest BCUT2D eigenvalue weighted by atomic mass is 16.3. The Morgan fingerprint density at radius 2 is 2.27 bits per heavy atom. The summed E-state index contributed by atoms with van der Waals surface area (Å²) in [7, 11) is 0. The molecule has 84 valence electrons. The van der Waals surface area contributed by atoms with Crippen LogP contribution in [0.25, 0.3) is 0 Å². The zero-order chi connectivity index (χ0) is 10.8. The van der Waals surface area contributed by atoms with E-state index >= 15 is 0 Å². The molecule has 0 aromatic carbocycles. The topological polar surface area (TPSA) is 25.2 Å². The smallest absolute Gasteiger partial charge is 0.121 e. The van der Waals surface area contributed by atoms with E-state index in [4.69, 9.17) is 4.42 Å². The van der Waals surface area contributed by atoms with E-state index in [-0.39, 0.29) is 0 Å². The maximum absolute atomic E-state index is 5.78. The standard InChI is InChI=1S/C13H21NO/c1-4-11-5-6-14-12(8-11)13-7-9(2)10(3)15-13/h7,11-12,14H,4-6,8H2,1-3H3. The Morgan fingerprint density at radius 1 is 1.47 bits per heavy atom. The van der Waals surface area contributed by atoms with Crippen molar-refractivity contribution in [2.75, 3.05) is 6.54 Å². The Kier molecular flexibility index (Phi) is 3.15. The SMILES string of the molecule is CCC1CCNC(c2cc(C)c(C)o2)C1. The van der Waals surface area contributed by atoms with Gasteiger partial charge >= 0.3 is 0 Å². The van der Waals surface area contributed by atoms with Crippen molar-refractivity contribution < 1.29 is 4.42 Å². The van der Waals surface area contributed by atoms with Gasteiger partial charge in [-0.2, -0.15) is 0 Å². The maximum Gasteiger partial charge on any atom is 0.121 e. The van der Waals surface area contributed by atoms with Gasteiger partial charge in [0, 0.05) is 0 Å². The second-order valence-electron chi connectivity index (χ2n) is 4.69. The average molecular weight is 207 g/mol. The molecule has 1 aliphatic heterocycles. The zero-order valence-corrected chi connectivity index (χ0v) is 9.97. The summed E-state index contributed by atoms with van der Waals surface area (Å²) in [4.78, 5) is 0. The molecule has 0 spiro atoms. The van der Waals surface area contributed by atoms with Crippen LogP contribution in [-0.2, 0) is 0 Å². The fraction of sp³-hybridized carbons (Fsp3) is 0.692. The van der Waals surface area contributed by atoms with Crippen molar-refractivity contribution in [2.24, 2.45) is 5.92 Å². The molecule has 15 heavy (non-hydrogen) atoms. The summed E-state index contributed by atoms with van der Waals surface area (Å²) in [5.41, 5.74) is 1.27. The van der Waals surface area contributed by atoms with Gasteiger partial charge in [0.2, 0.25) is 0 Å². The van der Waals surface area contributed by atoms with Crippen molar-refractivity contribution in [2.45, 2.75) is 46.1 Å². The molecule has 2 heteroatoms. The molecule has 0 amide bonds. The molecule has 2 atom stereocenters. The minimum absolute atomic E-state index is 0.441. The van der Waals surface area contributed by atoms with Gasteiger partial charge in [-0.15, -0.1) is 0 Å². The van der Waals surface area contributed by atoms with Gasteiger partial charge in [0.1, 0.15) is 11.5 Å². The lowest BCUT2D eigenvalue weighted by molar-refractivity contribution is 0.268. The number of piperidine rings is 1. The zero-order valence-electron chi connectivity index (χ0n) is 9.97. The third kappa shape index (κ3) is 2.25. The van der Waals surface area contributed by atoms with Crippen LogP contribution >= 0.6 is 0 Å². The summed E-state index contributed by atoms with van der Waals surface area (Å²) in [6, 6.07) is 2.63. The second-order valence-corrected chi connectivity index (χ2v) is 4.69. The number of aryl methyl sites for hydroxylation is 2. The Morgan fingerprint density at radius 3 is 2.87 bits per heavy atom. The summed E-state index contributed by atoms with van der Waals surface area (Å²) >= 11 is 0. The van der Waals surface area contributed by atoms with Crippen LogP contribution in [0.3, 0.4) is 0 Å². The van der Waals surface area contributed by atoms with E-state index in [2.05, 4.69) is 25.2 Å². The van der Waals surface area contributed by atoms with Gasteiger partial charge in [-0.3, -0.25) is 0 Å². The lowest BCUT2D eigenvalue weighted by atomic mass is 9.89. The highest BCUT2D eigenvalue weighted by Gasteiger charge is 2.24. The van der Waals surface area contributed by atoms with Crippen molar-refractivity contribution in [1.29, 1.82) is 0 Å². The molecule has 1 aromatic rings. The Labute approximate surface area is 92.1 Å². The van der Waals surface area contributed by atoms with Crippen LogP contribution in [0.1, 0.15) is 49.3 Å². The van der Waals surface area contributed by atoms with Gasteiger partial charge in [0.05, 0.1) is 6.04 Å². The molecule has 0 radical (unpaired) electrons. The van der Waals surface area contributed by atoms with Gasteiger partial charge in [0.15, 0.2) is 0 Å². The molecule has 0 bridgehead atoms. The van der Waals surface area contributed by atoms with Crippen molar-refractivity contribution in [3.8, 4) is 0 Å². The van der Waals surface area contributed by atoms with Crippen LogP contribution in [0.5, 0.6) is 0 Å². The number of hydrogen-bond acceptors (Lipinski definition) is 2. The number of nitrogens with one attached hydrogen (secondary N) is 1. The van der Waals surface area contributed by atoms with E-state index in [0.29, 0.717) is 6.04 Å². The Bertz CT molecular complexity index is 310. The van der Waals surface area contributed by atoms with Crippen molar-refractivity contribution in [3.63, 3.8) is 0 Å². The molecule has 2 unspecified atom stereocenters. The molecule has 1 aromatic heterocycles. The van der Waals surface area contributed by atoms with Crippen LogP contribution in [0.2, 0.25) is 0 Å². The Hall–Kier alpha value is -0.760. The third-order valence-corrected chi connectivity index (χ3v) is 3.62. The van der Waals surface area contributed by atoms with Gasteiger partial charge in [-0.25, -0.2) is 0 Å². The minimum atomic E-state index is 0.441. The molecule has 1 N–H and O–H groups in total. The van der Waals surface area contributed by atoms with E-state index < -0.39 is 0 Å². The van der Waals surface area contributed by atoms with Crippen LogP contribution in [0.15, 0.2) is 10.5 Å². The van der Waals surface area contributed by atoms with Crippen molar-refractivity contribution in [3.05, 3.63) is 23.2 Å². The van der Waals surface area contributed by atoms with Crippen molar-refractivity contribution >= 4 is 0 Å². The number of rotatable bonds is 2. The highest BCUT2D eigenvalue weighted by molar-refractivity contribution is 5.21. The summed E-state index contributed by atoms with van der Waals surface area (Å²) in [6.45, 7) is 7.56. The largest absolute Gasteiger partial charge is 0.464 e. The first-order chi connectivity index (χ1) is 7.20. The lowest BCUT2D eigenvalue weighted by Crippen LogP contribution is -2.31. The quantitative estimate of drug-likeness (QED) is 0.804. The summed E-state index contributed by atoms with van der Waals surface area (Å²) in [6.07, 6.45) is 3.82. The highest BCUT2D eigenvalue weighted by Crippen LogP contribution is 2.30. The number of furan rings is 1. The monoisotopic (exact) mass is 207 g/mol. The fourth-order valence-corrected chi connectivity index (χ4v) is 2.36. The first-order valence-electron chi connectivity index (χ1n) is 6.01. The summed E-state index contributed by atoms with van der Waals surface area (Å²) in [5, 5.41) is 3.55. The number of hydrogen-bond donors (Lipinski definition) is 1. The first-order valence-corrected chi connectivity index (χ1v) is 6.01. The molecule has 1 fully saturated rings. The first kappa shape index (κ1) is 10.7. The van der Waals surface area contributed by atoms with Gasteiger partial charge < -0.3 is 9.73 Å². The van der Waals surface area contributed by atoms with Crippen molar-refractivity contribution in [1.82, 2.24) is 5.32 Å². The molecule has 1 saturated heterocycles. The molecule has 1 aliphatic rings. The average Bonchev–Trinajstić information content (AvgIpc) is 2.59. The van der Waals surface area contributed by atoms with Crippen LogP contribution < -0.4 is 5.32 Å².